The van der Waals surface area contributed by atoms with Crippen molar-refractivity contribution in [3.63, 3.8) is 0 Å². The lowest BCUT2D eigenvalue weighted by Gasteiger charge is -2.13. The molecule has 0 aromatic heterocycles. The molecule has 1 saturated heterocycles. The minimum Gasteiger partial charge on any atom is -0.377 e. The number of aryl methyl sites for hydroxylation is 2. The van der Waals surface area contributed by atoms with Gasteiger partial charge in [0.05, 0.1) is 11.0 Å². The number of amides is 1. The standard InChI is InChI=1S/C20H24N2O4S/c1-14-8-9-15(2)19(11-14)22-20(23)16-5-3-7-18(12-16)27(24,25)21-13-17-6-4-10-26-17/h3,5,7-9,11-12,17,21H,4,6,10,13H2,1-2H3,(H,22,23). The van der Waals surface area contributed by atoms with Crippen LogP contribution < -0.4 is 10.0 Å². The number of hydrogen-bond acceptors (Lipinski definition) is 4. The van der Waals surface area contributed by atoms with E-state index in [9.17, 15) is 13.2 Å². The Labute approximate surface area is 160 Å². The molecule has 2 aromatic rings. The van der Waals surface area contributed by atoms with Crippen molar-refractivity contribution in [2.24, 2.45) is 0 Å². The van der Waals surface area contributed by atoms with Gasteiger partial charge in [-0.2, -0.15) is 0 Å². The Morgan fingerprint density at radius 1 is 1.19 bits per heavy atom. The zero-order valence-corrected chi connectivity index (χ0v) is 16.3. The van der Waals surface area contributed by atoms with E-state index in [0.717, 1.165) is 24.0 Å². The molecule has 1 fully saturated rings. The van der Waals surface area contributed by atoms with Crippen molar-refractivity contribution < 1.29 is 17.9 Å². The highest BCUT2D eigenvalue weighted by atomic mass is 32.2. The monoisotopic (exact) mass is 388 g/mol. The number of carbonyl (C=O) groups is 1. The fraction of sp³-hybridized carbons (Fsp3) is 0.350. The smallest absolute Gasteiger partial charge is 0.255 e. The molecule has 1 atom stereocenters. The molecule has 0 radical (unpaired) electrons. The molecule has 7 heteroatoms. The van der Waals surface area contributed by atoms with Gasteiger partial charge in [0, 0.05) is 24.4 Å². The van der Waals surface area contributed by atoms with Gasteiger partial charge in [0.25, 0.3) is 5.91 Å². The summed E-state index contributed by atoms with van der Waals surface area (Å²) in [6, 6.07) is 11.8. The van der Waals surface area contributed by atoms with Crippen molar-refractivity contribution >= 4 is 21.6 Å². The Morgan fingerprint density at radius 2 is 2.00 bits per heavy atom. The van der Waals surface area contributed by atoms with E-state index in [2.05, 4.69) is 10.0 Å². The molecule has 0 spiro atoms. The average Bonchev–Trinajstić information content (AvgIpc) is 3.17. The molecule has 1 aliphatic rings. The first-order valence-electron chi connectivity index (χ1n) is 8.95. The van der Waals surface area contributed by atoms with Crippen LogP contribution in [0.5, 0.6) is 0 Å². The topological polar surface area (TPSA) is 84.5 Å². The van der Waals surface area contributed by atoms with E-state index in [-0.39, 0.29) is 29.0 Å². The molecule has 0 saturated carbocycles. The van der Waals surface area contributed by atoms with E-state index in [0.29, 0.717) is 12.3 Å². The zero-order chi connectivity index (χ0) is 19.4. The molecule has 144 valence electrons. The molecule has 2 aromatic carbocycles. The molecule has 2 N–H and O–H groups in total. The van der Waals surface area contributed by atoms with Crippen LogP contribution in [0.25, 0.3) is 0 Å². The minimum absolute atomic E-state index is 0.0640. The lowest BCUT2D eigenvalue weighted by molar-refractivity contribution is 0.102. The van der Waals surface area contributed by atoms with Crippen molar-refractivity contribution in [1.82, 2.24) is 4.72 Å². The summed E-state index contributed by atoms with van der Waals surface area (Å²) in [6.45, 7) is 4.76. The highest BCUT2D eigenvalue weighted by Crippen LogP contribution is 2.19. The van der Waals surface area contributed by atoms with Gasteiger partial charge in [-0.1, -0.05) is 18.2 Å². The van der Waals surface area contributed by atoms with Gasteiger partial charge in [-0.3, -0.25) is 4.79 Å². The molecular formula is C20H24N2O4S. The van der Waals surface area contributed by atoms with Gasteiger partial charge in [-0.15, -0.1) is 0 Å². The van der Waals surface area contributed by atoms with E-state index in [4.69, 9.17) is 4.74 Å². The summed E-state index contributed by atoms with van der Waals surface area (Å²) in [5.41, 5.74) is 2.97. The molecule has 1 unspecified atom stereocenters. The predicted molar refractivity (Wildman–Crippen MR) is 104 cm³/mol. The van der Waals surface area contributed by atoms with Crippen LogP contribution in [0.4, 0.5) is 5.69 Å². The van der Waals surface area contributed by atoms with Gasteiger partial charge >= 0.3 is 0 Å². The minimum atomic E-state index is -3.70. The van der Waals surface area contributed by atoms with Crippen molar-refractivity contribution in [2.45, 2.75) is 37.7 Å². The Morgan fingerprint density at radius 3 is 2.74 bits per heavy atom. The molecule has 0 bridgehead atoms. The fourth-order valence-corrected chi connectivity index (χ4v) is 4.07. The normalized spacial score (nSPS) is 17.0. The van der Waals surface area contributed by atoms with Gasteiger partial charge in [-0.05, 0) is 62.1 Å². The van der Waals surface area contributed by atoms with E-state index in [1.165, 1.54) is 12.1 Å². The van der Waals surface area contributed by atoms with Crippen molar-refractivity contribution in [3.05, 3.63) is 59.2 Å². The van der Waals surface area contributed by atoms with Crippen LogP contribution in [0.3, 0.4) is 0 Å². The molecule has 3 rings (SSSR count). The third-order valence-corrected chi connectivity index (χ3v) is 5.99. The summed E-state index contributed by atoms with van der Waals surface area (Å²) in [7, 11) is -3.70. The van der Waals surface area contributed by atoms with Gasteiger partial charge in [0.1, 0.15) is 0 Å². The summed E-state index contributed by atoms with van der Waals surface area (Å²) in [4.78, 5) is 12.6. The Balaban J connectivity index is 1.73. The van der Waals surface area contributed by atoms with Crippen LogP contribution in [-0.4, -0.2) is 33.6 Å². The van der Waals surface area contributed by atoms with Gasteiger partial charge in [-0.25, -0.2) is 13.1 Å². The molecule has 1 heterocycles. The number of anilines is 1. The lowest BCUT2D eigenvalue weighted by atomic mass is 10.1. The molecule has 27 heavy (non-hydrogen) atoms. The third-order valence-electron chi connectivity index (χ3n) is 4.57. The first kappa shape index (κ1) is 19.5. The SMILES string of the molecule is Cc1ccc(C)c(NC(=O)c2cccc(S(=O)(=O)NCC3CCCO3)c2)c1. The van der Waals surface area contributed by atoms with Crippen LogP contribution >= 0.6 is 0 Å². The Hall–Kier alpha value is -2.22. The largest absolute Gasteiger partial charge is 0.377 e. The summed E-state index contributed by atoms with van der Waals surface area (Å²) in [6.07, 6.45) is 1.71. The second-order valence-corrected chi connectivity index (χ2v) is 8.55. The van der Waals surface area contributed by atoms with Crippen LogP contribution in [0.2, 0.25) is 0 Å². The van der Waals surface area contributed by atoms with Crippen LogP contribution in [0.15, 0.2) is 47.4 Å². The van der Waals surface area contributed by atoms with Gasteiger partial charge in [0.2, 0.25) is 10.0 Å². The number of nitrogens with one attached hydrogen (secondary N) is 2. The predicted octanol–water partition coefficient (Wildman–Crippen LogP) is 3.01. The summed E-state index contributed by atoms with van der Waals surface area (Å²) < 4.78 is 33.1. The number of ether oxygens (including phenoxy) is 1. The molecule has 6 nitrogen and oxygen atoms in total. The van der Waals surface area contributed by atoms with Crippen molar-refractivity contribution in [3.8, 4) is 0 Å². The van der Waals surface area contributed by atoms with Crippen molar-refractivity contribution in [2.75, 3.05) is 18.5 Å². The fourth-order valence-electron chi connectivity index (χ4n) is 2.96. The second-order valence-electron chi connectivity index (χ2n) is 6.79. The number of carbonyl (C=O) groups excluding carboxylic acids is 1. The lowest BCUT2D eigenvalue weighted by Crippen LogP contribution is -2.32. The first-order chi connectivity index (χ1) is 12.8. The summed E-state index contributed by atoms with van der Waals surface area (Å²) >= 11 is 0. The Kier molecular flexibility index (Phi) is 5.94. The van der Waals surface area contributed by atoms with Crippen LogP contribution in [0, 0.1) is 13.8 Å². The van der Waals surface area contributed by atoms with Gasteiger partial charge < -0.3 is 10.1 Å². The van der Waals surface area contributed by atoms with E-state index in [1.807, 2.05) is 32.0 Å². The highest BCUT2D eigenvalue weighted by Gasteiger charge is 2.21. The van der Waals surface area contributed by atoms with E-state index in [1.54, 1.807) is 12.1 Å². The number of benzene rings is 2. The molecular weight excluding hydrogens is 364 g/mol. The third kappa shape index (κ3) is 4.94. The van der Waals surface area contributed by atoms with Crippen LogP contribution in [-0.2, 0) is 14.8 Å². The second kappa shape index (κ2) is 8.21. The maximum atomic E-state index is 12.6. The maximum absolute atomic E-state index is 12.6. The van der Waals surface area contributed by atoms with Crippen molar-refractivity contribution in [1.29, 1.82) is 0 Å². The molecule has 1 amide bonds. The average molecular weight is 388 g/mol. The van der Waals surface area contributed by atoms with E-state index >= 15 is 0 Å². The van der Waals surface area contributed by atoms with Crippen LogP contribution in [0.1, 0.15) is 34.3 Å². The maximum Gasteiger partial charge on any atom is 0.255 e. The molecule has 1 aliphatic heterocycles. The van der Waals surface area contributed by atoms with Gasteiger partial charge in [0.15, 0.2) is 0 Å². The summed E-state index contributed by atoms with van der Waals surface area (Å²) in [5.74, 6) is -0.347. The first-order valence-corrected chi connectivity index (χ1v) is 10.4. The number of sulfonamides is 1. The number of rotatable bonds is 6. The zero-order valence-electron chi connectivity index (χ0n) is 15.5. The van der Waals surface area contributed by atoms with E-state index < -0.39 is 10.0 Å². The summed E-state index contributed by atoms with van der Waals surface area (Å²) in [5, 5.41) is 2.85. The highest BCUT2D eigenvalue weighted by molar-refractivity contribution is 7.89. The Bertz CT molecular complexity index is 935. The quantitative estimate of drug-likeness (QED) is 0.797. The number of hydrogen-bond donors (Lipinski definition) is 2. The molecule has 0 aliphatic carbocycles.